The predicted octanol–water partition coefficient (Wildman–Crippen LogP) is 1.49. The zero-order chi connectivity index (χ0) is 16.2. The summed E-state index contributed by atoms with van der Waals surface area (Å²) in [5.41, 5.74) is 2.42. The molecule has 1 unspecified atom stereocenters. The molecule has 1 saturated heterocycles. The van der Waals surface area contributed by atoms with Crippen LogP contribution in [0.5, 0.6) is 0 Å². The molecule has 1 fully saturated rings. The third kappa shape index (κ3) is 3.76. The highest BCUT2D eigenvalue weighted by Gasteiger charge is 2.26. The van der Waals surface area contributed by atoms with E-state index < -0.39 is 0 Å². The predicted molar refractivity (Wildman–Crippen MR) is 87.8 cm³/mol. The molecule has 0 radical (unpaired) electrons. The first-order chi connectivity index (χ1) is 11.1. The molecule has 1 aromatic heterocycles. The summed E-state index contributed by atoms with van der Waals surface area (Å²) in [7, 11) is 1.87. The van der Waals surface area contributed by atoms with Crippen LogP contribution in [0.3, 0.4) is 0 Å². The quantitative estimate of drug-likeness (QED) is 0.839. The first-order valence-electron chi connectivity index (χ1n) is 7.98. The maximum absolute atomic E-state index is 12.5. The average molecular weight is 313 g/mol. The lowest BCUT2D eigenvalue weighted by Crippen LogP contribution is -2.37. The van der Waals surface area contributed by atoms with Crippen molar-refractivity contribution in [2.75, 3.05) is 26.7 Å². The van der Waals surface area contributed by atoms with Crippen molar-refractivity contribution in [1.29, 1.82) is 0 Å². The molecule has 1 aliphatic rings. The van der Waals surface area contributed by atoms with Crippen molar-refractivity contribution in [1.82, 2.24) is 24.6 Å². The van der Waals surface area contributed by atoms with Gasteiger partial charge in [-0.3, -0.25) is 9.69 Å². The molecule has 1 aliphatic heterocycles. The number of rotatable bonds is 5. The minimum absolute atomic E-state index is 0.160. The van der Waals surface area contributed by atoms with Gasteiger partial charge in [-0.15, -0.1) is 0 Å². The SMILES string of the molecule is Cc1ccccc1CN(C)C(=O)CN1CCC(n2cncn2)C1. The van der Waals surface area contributed by atoms with Gasteiger partial charge >= 0.3 is 0 Å². The smallest absolute Gasteiger partial charge is 0.236 e. The van der Waals surface area contributed by atoms with E-state index in [1.54, 1.807) is 12.7 Å². The van der Waals surface area contributed by atoms with Crippen molar-refractivity contribution in [3.05, 3.63) is 48.0 Å². The number of aromatic nitrogens is 3. The maximum Gasteiger partial charge on any atom is 0.236 e. The summed E-state index contributed by atoms with van der Waals surface area (Å²) in [6.45, 7) is 4.98. The van der Waals surface area contributed by atoms with Gasteiger partial charge in [-0.1, -0.05) is 24.3 Å². The van der Waals surface area contributed by atoms with Crippen molar-refractivity contribution >= 4 is 5.91 Å². The number of hydrogen-bond acceptors (Lipinski definition) is 4. The van der Waals surface area contributed by atoms with Gasteiger partial charge in [-0.25, -0.2) is 9.67 Å². The summed E-state index contributed by atoms with van der Waals surface area (Å²) < 4.78 is 1.89. The highest BCUT2D eigenvalue weighted by molar-refractivity contribution is 5.78. The molecule has 2 heterocycles. The average Bonchev–Trinajstić information content (AvgIpc) is 3.20. The highest BCUT2D eigenvalue weighted by Crippen LogP contribution is 2.20. The third-order valence-corrected chi connectivity index (χ3v) is 4.51. The zero-order valence-electron chi connectivity index (χ0n) is 13.7. The Morgan fingerprint density at radius 2 is 2.22 bits per heavy atom. The number of aryl methyl sites for hydroxylation is 1. The van der Waals surface area contributed by atoms with Gasteiger partial charge in [0, 0.05) is 26.7 Å². The first kappa shape index (κ1) is 15.7. The summed E-state index contributed by atoms with van der Waals surface area (Å²) >= 11 is 0. The minimum atomic E-state index is 0.160. The van der Waals surface area contributed by atoms with Gasteiger partial charge in [0.15, 0.2) is 0 Å². The molecule has 6 nitrogen and oxygen atoms in total. The minimum Gasteiger partial charge on any atom is -0.340 e. The number of likely N-dealkylation sites (N-methyl/N-ethyl adjacent to an activating group) is 1. The van der Waals surface area contributed by atoms with Crippen molar-refractivity contribution in [3.8, 4) is 0 Å². The maximum atomic E-state index is 12.5. The molecule has 0 saturated carbocycles. The van der Waals surface area contributed by atoms with Crippen LogP contribution in [0.15, 0.2) is 36.9 Å². The molecule has 0 spiro atoms. The van der Waals surface area contributed by atoms with E-state index in [-0.39, 0.29) is 5.91 Å². The number of carbonyl (C=O) groups is 1. The van der Waals surface area contributed by atoms with Gasteiger partial charge in [0.05, 0.1) is 12.6 Å². The number of nitrogens with zero attached hydrogens (tertiary/aromatic N) is 5. The molecule has 122 valence electrons. The largest absolute Gasteiger partial charge is 0.340 e. The van der Waals surface area contributed by atoms with E-state index in [1.165, 1.54) is 11.1 Å². The molecule has 3 rings (SSSR count). The molecule has 1 atom stereocenters. The lowest BCUT2D eigenvalue weighted by molar-refractivity contribution is -0.131. The molecule has 1 aromatic carbocycles. The number of likely N-dealkylation sites (tertiary alicyclic amines) is 1. The van der Waals surface area contributed by atoms with Gasteiger partial charge in [0.1, 0.15) is 12.7 Å². The third-order valence-electron chi connectivity index (χ3n) is 4.51. The standard InChI is InChI=1S/C17H23N5O/c1-14-5-3-4-6-15(14)9-20(2)17(23)11-21-8-7-16(10-21)22-13-18-12-19-22/h3-6,12-13,16H,7-11H2,1-2H3. The molecule has 0 aliphatic carbocycles. The Labute approximate surface area is 136 Å². The Balaban J connectivity index is 1.52. The summed E-state index contributed by atoms with van der Waals surface area (Å²) in [5, 5.41) is 4.20. The van der Waals surface area contributed by atoms with Gasteiger partial charge in [0.25, 0.3) is 0 Å². The molecule has 0 bridgehead atoms. The second-order valence-corrected chi connectivity index (χ2v) is 6.23. The van der Waals surface area contributed by atoms with Crippen molar-refractivity contribution in [2.45, 2.75) is 25.9 Å². The Kier molecular flexibility index (Phi) is 4.71. The number of hydrogen-bond donors (Lipinski definition) is 0. The Bertz CT molecular complexity index is 655. The second kappa shape index (κ2) is 6.91. The normalized spacial score (nSPS) is 18.3. The van der Waals surface area contributed by atoms with Gasteiger partial charge in [-0.2, -0.15) is 5.10 Å². The van der Waals surface area contributed by atoms with E-state index in [1.807, 2.05) is 28.8 Å². The van der Waals surface area contributed by atoms with E-state index in [9.17, 15) is 4.79 Å². The molecular weight excluding hydrogens is 290 g/mol. The molecule has 23 heavy (non-hydrogen) atoms. The summed E-state index contributed by atoms with van der Waals surface area (Å²) in [6.07, 6.45) is 4.32. The Morgan fingerprint density at radius 3 is 2.96 bits per heavy atom. The molecule has 6 heteroatoms. The Morgan fingerprint density at radius 1 is 1.39 bits per heavy atom. The lowest BCUT2D eigenvalue weighted by atomic mass is 10.1. The molecule has 1 amide bonds. The molecule has 0 N–H and O–H groups in total. The topological polar surface area (TPSA) is 54.3 Å². The Hall–Kier alpha value is -2.21. The van der Waals surface area contributed by atoms with E-state index in [4.69, 9.17) is 0 Å². The van der Waals surface area contributed by atoms with Gasteiger partial charge < -0.3 is 4.90 Å². The number of amides is 1. The zero-order valence-corrected chi connectivity index (χ0v) is 13.7. The molecular formula is C17H23N5O. The monoisotopic (exact) mass is 313 g/mol. The number of carbonyl (C=O) groups excluding carboxylic acids is 1. The van der Waals surface area contributed by atoms with Crippen LogP contribution in [0.2, 0.25) is 0 Å². The summed E-state index contributed by atoms with van der Waals surface area (Å²) in [6, 6.07) is 8.53. The van der Waals surface area contributed by atoms with Crippen LogP contribution < -0.4 is 0 Å². The fourth-order valence-corrected chi connectivity index (χ4v) is 3.02. The van der Waals surface area contributed by atoms with E-state index in [2.05, 4.69) is 34.0 Å². The van der Waals surface area contributed by atoms with Crippen molar-refractivity contribution < 1.29 is 4.79 Å². The van der Waals surface area contributed by atoms with Crippen LogP contribution in [0.1, 0.15) is 23.6 Å². The van der Waals surface area contributed by atoms with Crippen LogP contribution in [0, 0.1) is 6.92 Å². The first-order valence-corrected chi connectivity index (χ1v) is 7.98. The molecule has 2 aromatic rings. The van der Waals surface area contributed by atoms with E-state index >= 15 is 0 Å². The second-order valence-electron chi connectivity index (χ2n) is 6.23. The summed E-state index contributed by atoms with van der Waals surface area (Å²) in [5.74, 6) is 0.160. The van der Waals surface area contributed by atoms with Gasteiger partial charge in [-0.05, 0) is 24.5 Å². The van der Waals surface area contributed by atoms with Crippen LogP contribution in [0.4, 0.5) is 0 Å². The van der Waals surface area contributed by atoms with E-state index in [0.29, 0.717) is 19.1 Å². The van der Waals surface area contributed by atoms with Crippen molar-refractivity contribution in [3.63, 3.8) is 0 Å². The van der Waals surface area contributed by atoms with Crippen LogP contribution >= 0.6 is 0 Å². The summed E-state index contributed by atoms with van der Waals surface area (Å²) in [4.78, 5) is 20.5. The number of benzene rings is 1. The fourth-order valence-electron chi connectivity index (χ4n) is 3.02. The van der Waals surface area contributed by atoms with E-state index in [0.717, 1.165) is 19.5 Å². The van der Waals surface area contributed by atoms with Crippen LogP contribution in [0.25, 0.3) is 0 Å². The van der Waals surface area contributed by atoms with Crippen molar-refractivity contribution in [2.24, 2.45) is 0 Å². The highest BCUT2D eigenvalue weighted by atomic mass is 16.2. The van der Waals surface area contributed by atoms with Crippen LogP contribution in [-0.2, 0) is 11.3 Å². The fraction of sp³-hybridized carbons (Fsp3) is 0.471. The van der Waals surface area contributed by atoms with Gasteiger partial charge in [0.2, 0.25) is 5.91 Å². The lowest BCUT2D eigenvalue weighted by Gasteiger charge is -2.22. The van der Waals surface area contributed by atoms with Crippen LogP contribution in [-0.4, -0.2) is 57.2 Å².